The van der Waals surface area contributed by atoms with E-state index in [0.717, 1.165) is 12.8 Å². The maximum absolute atomic E-state index is 12.0. The van der Waals surface area contributed by atoms with Crippen molar-refractivity contribution >= 4 is 45.0 Å². The van der Waals surface area contributed by atoms with Crippen LogP contribution in [0.4, 0.5) is 0 Å². The minimum Gasteiger partial charge on any atom is -0.461 e. The molecule has 0 aliphatic carbocycles. The quantitative estimate of drug-likeness (QED) is 0.474. The molecule has 29 heavy (non-hydrogen) atoms. The Labute approximate surface area is 179 Å². The molecule has 0 saturated carbocycles. The first-order chi connectivity index (χ1) is 13.9. The van der Waals surface area contributed by atoms with Crippen LogP contribution in [0.2, 0.25) is 10.0 Å². The highest BCUT2D eigenvalue weighted by Crippen LogP contribution is 2.23. The predicted octanol–water partition coefficient (Wildman–Crippen LogP) is 4.34. The first-order valence-electron chi connectivity index (χ1n) is 9.13. The fourth-order valence-corrected chi connectivity index (χ4v) is 4.58. The third-order valence-corrected chi connectivity index (χ3v) is 6.36. The van der Waals surface area contributed by atoms with Crippen LogP contribution in [-0.4, -0.2) is 26.8 Å². The summed E-state index contributed by atoms with van der Waals surface area (Å²) < 4.78 is 31.7. The van der Waals surface area contributed by atoms with Gasteiger partial charge in [-0.1, -0.05) is 47.8 Å². The Morgan fingerprint density at radius 3 is 2.66 bits per heavy atom. The summed E-state index contributed by atoms with van der Waals surface area (Å²) in [4.78, 5) is 16.5. The van der Waals surface area contributed by atoms with Crippen LogP contribution in [0.1, 0.15) is 36.8 Å². The topological polar surface area (TPSA) is 84.8 Å². The zero-order valence-corrected chi connectivity index (χ0v) is 17.9. The van der Waals surface area contributed by atoms with Crippen LogP contribution in [0, 0.1) is 0 Å². The summed E-state index contributed by atoms with van der Waals surface area (Å²) in [6.07, 6.45) is 2.49. The number of ether oxygens (including phenoxy) is 1. The van der Waals surface area contributed by atoms with E-state index in [1.54, 1.807) is 42.5 Å². The van der Waals surface area contributed by atoms with E-state index in [2.05, 4.69) is 9.71 Å². The average molecular weight is 455 g/mol. The lowest BCUT2D eigenvalue weighted by Gasteiger charge is -2.07. The number of hydrogen-bond donors (Lipinski definition) is 1. The SMILES string of the molecule is O=C(CCCCCN=C1NS(=O)(=O)c2ccccc21)OCc1ccc(Cl)cc1Cl. The van der Waals surface area contributed by atoms with Crippen LogP contribution < -0.4 is 4.72 Å². The van der Waals surface area contributed by atoms with E-state index in [0.29, 0.717) is 46.4 Å². The molecule has 2 aromatic carbocycles. The van der Waals surface area contributed by atoms with E-state index in [1.165, 1.54) is 0 Å². The molecule has 0 spiro atoms. The summed E-state index contributed by atoms with van der Waals surface area (Å²) in [5.41, 5.74) is 1.30. The van der Waals surface area contributed by atoms with Gasteiger partial charge in [0.1, 0.15) is 12.4 Å². The monoisotopic (exact) mass is 454 g/mol. The third-order valence-electron chi connectivity index (χ3n) is 4.38. The highest BCUT2D eigenvalue weighted by molar-refractivity contribution is 7.90. The van der Waals surface area contributed by atoms with E-state index >= 15 is 0 Å². The second-order valence-corrected chi connectivity index (χ2v) is 9.03. The van der Waals surface area contributed by atoms with Crippen molar-refractivity contribution in [1.29, 1.82) is 0 Å². The molecule has 0 radical (unpaired) electrons. The predicted molar refractivity (Wildman–Crippen MR) is 113 cm³/mol. The maximum atomic E-state index is 12.0. The van der Waals surface area contributed by atoms with E-state index in [1.807, 2.05) is 0 Å². The molecular formula is C20H20Cl2N2O4S. The van der Waals surface area contributed by atoms with Crippen LogP contribution in [0.25, 0.3) is 0 Å². The number of sulfonamides is 1. The molecule has 0 aromatic heterocycles. The summed E-state index contributed by atoms with van der Waals surface area (Å²) >= 11 is 11.9. The van der Waals surface area contributed by atoms with Crippen molar-refractivity contribution in [2.75, 3.05) is 6.54 Å². The summed E-state index contributed by atoms with van der Waals surface area (Å²) in [7, 11) is -3.51. The number of hydrogen-bond acceptors (Lipinski definition) is 5. The second kappa shape index (κ2) is 9.61. The molecular weight excluding hydrogens is 435 g/mol. The van der Waals surface area contributed by atoms with Crippen molar-refractivity contribution < 1.29 is 17.9 Å². The van der Waals surface area contributed by atoms with Crippen molar-refractivity contribution in [2.24, 2.45) is 4.99 Å². The van der Waals surface area contributed by atoms with Gasteiger partial charge in [0, 0.05) is 34.1 Å². The Morgan fingerprint density at radius 2 is 1.86 bits per heavy atom. The lowest BCUT2D eigenvalue weighted by atomic mass is 10.2. The van der Waals surface area contributed by atoms with Crippen LogP contribution in [0.5, 0.6) is 0 Å². The molecule has 1 aliphatic heterocycles. The number of carbonyl (C=O) groups is 1. The average Bonchev–Trinajstić information content (AvgIpc) is 2.94. The fourth-order valence-electron chi connectivity index (χ4n) is 2.87. The largest absolute Gasteiger partial charge is 0.461 e. The molecule has 0 bridgehead atoms. The van der Waals surface area contributed by atoms with Gasteiger partial charge in [-0.15, -0.1) is 0 Å². The van der Waals surface area contributed by atoms with Gasteiger partial charge >= 0.3 is 5.97 Å². The van der Waals surface area contributed by atoms with E-state index in [4.69, 9.17) is 27.9 Å². The minimum absolute atomic E-state index is 0.113. The summed E-state index contributed by atoms with van der Waals surface area (Å²) in [6, 6.07) is 11.8. The Bertz CT molecular complexity index is 1040. The molecule has 0 fully saturated rings. The van der Waals surface area contributed by atoms with Crippen LogP contribution >= 0.6 is 23.2 Å². The van der Waals surface area contributed by atoms with Gasteiger partial charge in [-0.05, 0) is 37.1 Å². The Kier molecular flexibility index (Phi) is 7.16. The van der Waals surface area contributed by atoms with Crippen LogP contribution in [0.3, 0.4) is 0 Å². The normalized spacial score (nSPS) is 15.7. The Morgan fingerprint density at radius 1 is 1.07 bits per heavy atom. The number of fused-ring (bicyclic) bond motifs is 1. The smallest absolute Gasteiger partial charge is 0.306 e. The molecule has 9 heteroatoms. The molecule has 0 unspecified atom stereocenters. The standard InChI is InChI=1S/C20H20Cl2N2O4S/c21-15-10-9-14(17(22)12-15)13-28-19(25)8-2-1-5-11-23-20-16-6-3-4-7-18(16)29(26,27)24-20/h3-4,6-7,9-10,12H,1-2,5,8,11,13H2,(H,23,24). The van der Waals surface area contributed by atoms with Crippen molar-refractivity contribution in [3.05, 3.63) is 63.6 Å². The number of benzene rings is 2. The van der Waals surface area contributed by atoms with Gasteiger partial charge in [0.25, 0.3) is 10.0 Å². The molecule has 0 atom stereocenters. The van der Waals surface area contributed by atoms with Gasteiger partial charge in [-0.25, -0.2) is 8.42 Å². The summed E-state index contributed by atoms with van der Waals surface area (Å²) in [6.45, 7) is 0.587. The number of nitrogens with zero attached hydrogens (tertiary/aromatic N) is 1. The molecule has 1 heterocycles. The molecule has 154 valence electrons. The highest BCUT2D eigenvalue weighted by Gasteiger charge is 2.29. The maximum Gasteiger partial charge on any atom is 0.306 e. The number of unbranched alkanes of at least 4 members (excludes halogenated alkanes) is 2. The molecule has 0 amide bonds. The van der Waals surface area contributed by atoms with Crippen molar-refractivity contribution in [3.8, 4) is 0 Å². The van der Waals surface area contributed by atoms with Gasteiger partial charge in [-0.3, -0.25) is 14.5 Å². The molecule has 3 rings (SSSR count). The van der Waals surface area contributed by atoms with Crippen LogP contribution in [-0.2, 0) is 26.2 Å². The van der Waals surface area contributed by atoms with Gasteiger partial charge < -0.3 is 4.74 Å². The van der Waals surface area contributed by atoms with E-state index < -0.39 is 10.0 Å². The lowest BCUT2D eigenvalue weighted by molar-refractivity contribution is -0.145. The highest BCUT2D eigenvalue weighted by atomic mass is 35.5. The number of nitrogens with one attached hydrogen (secondary N) is 1. The number of amidine groups is 1. The molecule has 0 saturated heterocycles. The molecule has 1 aliphatic rings. The lowest BCUT2D eigenvalue weighted by Crippen LogP contribution is -2.22. The van der Waals surface area contributed by atoms with Gasteiger partial charge in [-0.2, -0.15) is 0 Å². The van der Waals surface area contributed by atoms with Crippen molar-refractivity contribution in [1.82, 2.24) is 4.72 Å². The Hall–Kier alpha value is -2.09. The molecule has 6 nitrogen and oxygen atoms in total. The van der Waals surface area contributed by atoms with E-state index in [-0.39, 0.29) is 17.5 Å². The fraction of sp³-hybridized carbons (Fsp3) is 0.300. The Balaban J connectivity index is 1.37. The minimum atomic E-state index is -3.51. The van der Waals surface area contributed by atoms with Crippen LogP contribution in [0.15, 0.2) is 52.4 Å². The van der Waals surface area contributed by atoms with E-state index in [9.17, 15) is 13.2 Å². The van der Waals surface area contributed by atoms with Crippen molar-refractivity contribution in [2.45, 2.75) is 37.2 Å². The molecule has 1 N–H and O–H groups in total. The zero-order chi connectivity index (χ0) is 20.9. The number of aliphatic imine (C=N–C) groups is 1. The number of rotatable bonds is 8. The van der Waals surface area contributed by atoms with Gasteiger partial charge in [0.05, 0.1) is 4.90 Å². The first kappa shape index (κ1) is 21.6. The van der Waals surface area contributed by atoms with Gasteiger partial charge in [0.15, 0.2) is 0 Å². The summed E-state index contributed by atoms with van der Waals surface area (Å²) in [5, 5.41) is 0.996. The number of carbonyl (C=O) groups excluding carboxylic acids is 1. The second-order valence-electron chi connectivity index (χ2n) is 6.54. The van der Waals surface area contributed by atoms with Crippen molar-refractivity contribution in [3.63, 3.8) is 0 Å². The number of halogens is 2. The van der Waals surface area contributed by atoms with Gasteiger partial charge in [0.2, 0.25) is 0 Å². The number of esters is 1. The third kappa shape index (κ3) is 5.72. The molecule has 2 aromatic rings. The summed E-state index contributed by atoms with van der Waals surface area (Å²) in [5.74, 6) is 0.0830. The first-order valence-corrected chi connectivity index (χ1v) is 11.4. The zero-order valence-electron chi connectivity index (χ0n) is 15.5.